The number of anilines is 2. The maximum atomic E-state index is 13.3. The highest BCUT2D eigenvalue weighted by Gasteiger charge is 2.34. The second kappa shape index (κ2) is 9.02. The third-order valence-electron chi connectivity index (χ3n) is 4.74. The molecule has 1 N–H and O–H groups in total. The number of nitrogens with zero attached hydrogens (tertiary/aromatic N) is 1. The van der Waals surface area contributed by atoms with Gasteiger partial charge in [0, 0.05) is 18.8 Å². The topological polar surface area (TPSA) is 32.3 Å². The fourth-order valence-corrected chi connectivity index (χ4v) is 3.96. The maximum absolute atomic E-state index is 13.3. The van der Waals surface area contributed by atoms with Crippen molar-refractivity contribution in [2.75, 3.05) is 23.3 Å². The Morgan fingerprint density at radius 2 is 1.55 bits per heavy atom. The van der Waals surface area contributed by atoms with Crippen molar-refractivity contribution in [3.8, 4) is 0 Å². The number of carbonyl (C=O) groups excluding carboxylic acids is 1. The fourth-order valence-electron chi connectivity index (χ4n) is 3.32. The number of nitrogens with one attached hydrogen (secondary N) is 1. The number of alkyl halides is 3. The summed E-state index contributed by atoms with van der Waals surface area (Å²) < 4.78 is 40.0. The van der Waals surface area contributed by atoms with E-state index in [0.717, 1.165) is 37.8 Å². The molecule has 1 aliphatic rings. The average Bonchev–Trinajstić information content (AvgIpc) is 2.92. The van der Waals surface area contributed by atoms with E-state index in [4.69, 9.17) is 34.8 Å². The lowest BCUT2D eigenvalue weighted by Gasteiger charge is -2.27. The maximum Gasteiger partial charge on any atom is 0.416 e. The molecule has 0 spiro atoms. The monoisotopic (exact) mass is 464 g/mol. The molecule has 1 fully saturated rings. The van der Waals surface area contributed by atoms with Gasteiger partial charge in [-0.1, -0.05) is 47.6 Å². The lowest BCUT2D eigenvalue weighted by atomic mass is 10.1. The van der Waals surface area contributed by atoms with Gasteiger partial charge in [-0.3, -0.25) is 4.79 Å². The Morgan fingerprint density at radius 1 is 0.897 bits per heavy atom. The smallest absolute Gasteiger partial charge is 0.370 e. The van der Waals surface area contributed by atoms with Gasteiger partial charge in [0.15, 0.2) is 0 Å². The van der Waals surface area contributed by atoms with Crippen molar-refractivity contribution in [1.82, 2.24) is 0 Å². The van der Waals surface area contributed by atoms with Crippen LogP contribution < -0.4 is 10.2 Å². The van der Waals surface area contributed by atoms with Crippen LogP contribution in [0.4, 0.5) is 24.5 Å². The van der Waals surface area contributed by atoms with Crippen molar-refractivity contribution in [3.63, 3.8) is 0 Å². The molecule has 0 aliphatic carbocycles. The van der Waals surface area contributed by atoms with Crippen LogP contribution in [0, 0.1) is 0 Å². The minimum Gasteiger partial charge on any atom is -0.370 e. The zero-order chi connectivity index (χ0) is 21.2. The fraction of sp³-hybridized carbons (Fsp3) is 0.350. The molecule has 2 aromatic carbocycles. The molecule has 0 atom stereocenters. The molecule has 0 radical (unpaired) electrons. The standard InChI is InChI=1S/C20H18Cl3F3N2O/c21-15-6-5-13(11-16(15)22)27-19(29)14-9-12(20(24,25)26)10-17(23)18(14)28-7-3-1-2-4-8-28/h5-6,9-11H,1-4,7-8H2,(H,27,29). The molecule has 2 aromatic rings. The highest BCUT2D eigenvalue weighted by atomic mass is 35.5. The first-order valence-electron chi connectivity index (χ1n) is 9.09. The Labute approximate surface area is 181 Å². The first-order valence-corrected chi connectivity index (χ1v) is 10.2. The largest absolute Gasteiger partial charge is 0.416 e. The van der Waals surface area contributed by atoms with E-state index in [1.165, 1.54) is 18.2 Å². The molecule has 1 saturated heterocycles. The van der Waals surface area contributed by atoms with E-state index < -0.39 is 17.6 Å². The second-order valence-corrected chi connectivity index (χ2v) is 8.06. The third kappa shape index (κ3) is 5.30. The Bertz CT molecular complexity index is 911. The minimum atomic E-state index is -4.63. The van der Waals surface area contributed by atoms with Crippen LogP contribution in [0.15, 0.2) is 30.3 Å². The first kappa shape index (κ1) is 22.1. The SMILES string of the molecule is O=C(Nc1ccc(Cl)c(Cl)c1)c1cc(C(F)(F)F)cc(Cl)c1N1CCCCCC1. The lowest BCUT2D eigenvalue weighted by Crippen LogP contribution is -2.28. The van der Waals surface area contributed by atoms with Crippen molar-refractivity contribution in [3.05, 3.63) is 56.5 Å². The van der Waals surface area contributed by atoms with Gasteiger partial charge in [-0.05, 0) is 43.2 Å². The Hall–Kier alpha value is -1.63. The number of benzene rings is 2. The Kier molecular flexibility index (Phi) is 6.87. The van der Waals surface area contributed by atoms with Crippen molar-refractivity contribution in [1.29, 1.82) is 0 Å². The molecule has 1 amide bonds. The predicted molar refractivity (Wildman–Crippen MR) is 112 cm³/mol. The van der Waals surface area contributed by atoms with Gasteiger partial charge in [-0.25, -0.2) is 0 Å². The van der Waals surface area contributed by atoms with E-state index in [1.54, 1.807) is 0 Å². The Balaban J connectivity index is 2.03. The van der Waals surface area contributed by atoms with Gasteiger partial charge in [-0.2, -0.15) is 13.2 Å². The Morgan fingerprint density at radius 3 is 2.14 bits per heavy atom. The molecule has 3 nitrogen and oxygen atoms in total. The van der Waals surface area contributed by atoms with E-state index in [2.05, 4.69) is 5.32 Å². The molecule has 1 heterocycles. The third-order valence-corrected chi connectivity index (χ3v) is 5.76. The number of hydrogen-bond donors (Lipinski definition) is 1. The summed E-state index contributed by atoms with van der Waals surface area (Å²) in [5.41, 5.74) is -0.461. The average molecular weight is 466 g/mol. The molecule has 0 aromatic heterocycles. The number of halogens is 6. The summed E-state index contributed by atoms with van der Waals surface area (Å²) in [4.78, 5) is 14.8. The van der Waals surface area contributed by atoms with Crippen LogP contribution in [0.2, 0.25) is 15.1 Å². The summed E-state index contributed by atoms with van der Waals surface area (Å²) >= 11 is 18.1. The van der Waals surface area contributed by atoms with Gasteiger partial charge in [0.25, 0.3) is 5.91 Å². The number of carbonyl (C=O) groups is 1. The lowest BCUT2D eigenvalue weighted by molar-refractivity contribution is -0.137. The van der Waals surface area contributed by atoms with Crippen molar-refractivity contribution < 1.29 is 18.0 Å². The molecular weight excluding hydrogens is 448 g/mol. The van der Waals surface area contributed by atoms with E-state index in [-0.39, 0.29) is 15.6 Å². The molecular formula is C20H18Cl3F3N2O. The second-order valence-electron chi connectivity index (χ2n) is 6.84. The summed E-state index contributed by atoms with van der Waals surface area (Å²) in [6, 6.07) is 6.17. The van der Waals surface area contributed by atoms with Crippen LogP contribution in [-0.2, 0) is 6.18 Å². The van der Waals surface area contributed by atoms with Gasteiger partial charge < -0.3 is 10.2 Å². The van der Waals surface area contributed by atoms with Gasteiger partial charge in [0.05, 0.1) is 31.9 Å². The molecule has 156 valence electrons. The van der Waals surface area contributed by atoms with Crippen molar-refractivity contribution in [2.45, 2.75) is 31.9 Å². The summed E-state index contributed by atoms with van der Waals surface area (Å²) in [7, 11) is 0. The van der Waals surface area contributed by atoms with E-state index in [9.17, 15) is 18.0 Å². The summed E-state index contributed by atoms with van der Waals surface area (Å²) in [6.07, 6.45) is -0.810. The van der Waals surface area contributed by atoms with E-state index in [1.807, 2.05) is 4.90 Å². The van der Waals surface area contributed by atoms with Crippen LogP contribution in [0.3, 0.4) is 0 Å². The summed E-state index contributed by atoms with van der Waals surface area (Å²) in [6.45, 7) is 1.25. The molecule has 1 aliphatic heterocycles. The zero-order valence-electron chi connectivity index (χ0n) is 15.3. The summed E-state index contributed by atoms with van der Waals surface area (Å²) in [5.74, 6) is -0.698. The molecule has 0 saturated carbocycles. The number of rotatable bonds is 3. The normalized spacial score (nSPS) is 15.2. The van der Waals surface area contributed by atoms with E-state index in [0.29, 0.717) is 29.5 Å². The molecule has 0 bridgehead atoms. The van der Waals surface area contributed by atoms with Gasteiger partial charge >= 0.3 is 6.18 Å². The van der Waals surface area contributed by atoms with E-state index >= 15 is 0 Å². The van der Waals surface area contributed by atoms with Crippen LogP contribution >= 0.6 is 34.8 Å². The molecule has 9 heteroatoms. The van der Waals surface area contributed by atoms with Crippen LogP contribution in [-0.4, -0.2) is 19.0 Å². The van der Waals surface area contributed by atoms with Gasteiger partial charge in [0.2, 0.25) is 0 Å². The van der Waals surface area contributed by atoms with Crippen LogP contribution in [0.1, 0.15) is 41.6 Å². The van der Waals surface area contributed by atoms with Crippen molar-refractivity contribution >= 4 is 52.1 Å². The van der Waals surface area contributed by atoms with Gasteiger partial charge in [-0.15, -0.1) is 0 Å². The predicted octanol–water partition coefficient (Wildman–Crippen LogP) is 7.30. The van der Waals surface area contributed by atoms with Crippen molar-refractivity contribution in [2.24, 2.45) is 0 Å². The minimum absolute atomic E-state index is 0.0963. The molecule has 3 rings (SSSR count). The van der Waals surface area contributed by atoms with Gasteiger partial charge in [0.1, 0.15) is 0 Å². The van der Waals surface area contributed by atoms with Crippen LogP contribution in [0.5, 0.6) is 0 Å². The quantitative estimate of drug-likeness (QED) is 0.516. The summed E-state index contributed by atoms with van der Waals surface area (Å²) in [5, 5.41) is 3.02. The van der Waals surface area contributed by atoms with Crippen LogP contribution in [0.25, 0.3) is 0 Å². The highest BCUT2D eigenvalue weighted by Crippen LogP contribution is 2.39. The zero-order valence-corrected chi connectivity index (χ0v) is 17.5. The first-order chi connectivity index (χ1) is 13.7. The highest BCUT2D eigenvalue weighted by molar-refractivity contribution is 6.42. The number of amides is 1. The molecule has 29 heavy (non-hydrogen) atoms. The number of hydrogen-bond acceptors (Lipinski definition) is 2. The molecule has 0 unspecified atom stereocenters.